The molecule has 5 heteroatoms. The molecule has 2 aromatic rings. The molecule has 0 fully saturated rings. The fourth-order valence-corrected chi connectivity index (χ4v) is 2.87. The summed E-state index contributed by atoms with van der Waals surface area (Å²) < 4.78 is 6.11. The monoisotopic (exact) mass is 368 g/mol. The number of ether oxygens (including phenoxy) is 1. The predicted molar refractivity (Wildman–Crippen MR) is 108 cm³/mol. The number of hydrogen-bond acceptors (Lipinski definition) is 4. The van der Waals surface area contributed by atoms with Gasteiger partial charge in [0.15, 0.2) is 5.71 Å². The van der Waals surface area contributed by atoms with E-state index in [9.17, 15) is 4.79 Å². The first-order valence-corrected chi connectivity index (χ1v) is 9.33. The van der Waals surface area contributed by atoms with Crippen LogP contribution in [0.3, 0.4) is 0 Å². The van der Waals surface area contributed by atoms with Crippen LogP contribution in [0.2, 0.25) is 0 Å². The van der Waals surface area contributed by atoms with Crippen LogP contribution in [0.15, 0.2) is 53.7 Å². The van der Waals surface area contributed by atoms with Crippen LogP contribution in [0, 0.1) is 0 Å². The number of unbranched alkanes of at least 4 members (excludes halogenated alkanes) is 2. The maximum absolute atomic E-state index is 12.2. The Bertz CT molecular complexity index is 772. The fourth-order valence-electron chi connectivity index (χ4n) is 2.87. The third-order valence-electron chi connectivity index (χ3n) is 4.30. The third kappa shape index (κ3) is 5.84. The van der Waals surface area contributed by atoms with Crippen molar-refractivity contribution in [2.75, 3.05) is 14.2 Å². The second-order valence-corrected chi connectivity index (χ2v) is 6.21. The number of nitrogens with one attached hydrogen (secondary N) is 1. The lowest BCUT2D eigenvalue weighted by Crippen LogP contribution is -2.29. The van der Waals surface area contributed by atoms with E-state index in [-0.39, 0.29) is 11.6 Å². The molecule has 1 N–H and O–H groups in total. The van der Waals surface area contributed by atoms with E-state index in [0.29, 0.717) is 12.2 Å². The van der Waals surface area contributed by atoms with E-state index in [0.717, 1.165) is 24.2 Å². The van der Waals surface area contributed by atoms with Gasteiger partial charge in [0.25, 0.3) is 5.91 Å². The quantitative estimate of drug-likeness (QED) is 0.390. The van der Waals surface area contributed by atoms with E-state index >= 15 is 0 Å². The minimum Gasteiger partial charge on any atom is -0.489 e. The van der Waals surface area contributed by atoms with Crippen LogP contribution < -0.4 is 10.1 Å². The van der Waals surface area contributed by atoms with Gasteiger partial charge in [0.1, 0.15) is 19.5 Å². The van der Waals surface area contributed by atoms with Gasteiger partial charge in [0, 0.05) is 12.6 Å². The first kappa shape index (κ1) is 20.5. The van der Waals surface area contributed by atoms with Crippen LogP contribution in [-0.4, -0.2) is 25.8 Å². The summed E-state index contributed by atoms with van der Waals surface area (Å²) in [6, 6.07) is 15.7. The molecule has 0 atom stereocenters. The molecule has 144 valence electrons. The molecule has 0 aliphatic rings. The van der Waals surface area contributed by atoms with Crippen molar-refractivity contribution in [2.45, 2.75) is 39.2 Å². The molecular formula is C22H28N2O3. The maximum atomic E-state index is 12.2. The average Bonchev–Trinajstić information content (AvgIpc) is 2.71. The largest absolute Gasteiger partial charge is 0.489 e. The van der Waals surface area contributed by atoms with Crippen LogP contribution in [0.5, 0.6) is 5.75 Å². The zero-order valence-corrected chi connectivity index (χ0v) is 16.3. The molecular weight excluding hydrogens is 340 g/mol. The predicted octanol–water partition coefficient (Wildman–Crippen LogP) is 4.09. The molecule has 5 nitrogen and oxygen atoms in total. The van der Waals surface area contributed by atoms with Gasteiger partial charge >= 0.3 is 0 Å². The number of para-hydroxylation sites is 1. The minimum absolute atomic E-state index is 0.232. The van der Waals surface area contributed by atoms with Crippen molar-refractivity contribution in [1.82, 2.24) is 5.32 Å². The third-order valence-corrected chi connectivity index (χ3v) is 4.30. The van der Waals surface area contributed by atoms with Crippen LogP contribution in [0.1, 0.15) is 42.9 Å². The number of amides is 1. The molecule has 0 spiro atoms. The molecule has 1 amide bonds. The number of carbonyl (C=O) groups is 1. The molecule has 0 aliphatic heterocycles. The van der Waals surface area contributed by atoms with Gasteiger partial charge in [-0.3, -0.25) is 4.79 Å². The maximum Gasteiger partial charge on any atom is 0.273 e. The summed E-state index contributed by atoms with van der Waals surface area (Å²) in [5.41, 5.74) is 3.01. The second kappa shape index (κ2) is 11.0. The molecule has 0 radical (unpaired) electrons. The van der Waals surface area contributed by atoms with Gasteiger partial charge in [0.2, 0.25) is 0 Å². The Morgan fingerprint density at radius 2 is 1.74 bits per heavy atom. The van der Waals surface area contributed by atoms with E-state index in [1.165, 1.54) is 25.5 Å². The van der Waals surface area contributed by atoms with Crippen LogP contribution in [-0.2, 0) is 22.7 Å². The Morgan fingerprint density at radius 1 is 1.04 bits per heavy atom. The van der Waals surface area contributed by atoms with Crippen molar-refractivity contribution >= 4 is 11.6 Å². The van der Waals surface area contributed by atoms with Crippen LogP contribution in [0.25, 0.3) is 0 Å². The molecule has 0 aromatic heterocycles. The highest BCUT2D eigenvalue weighted by atomic mass is 16.6. The van der Waals surface area contributed by atoms with Gasteiger partial charge < -0.3 is 14.9 Å². The van der Waals surface area contributed by atoms with Crippen molar-refractivity contribution < 1.29 is 14.4 Å². The summed E-state index contributed by atoms with van der Waals surface area (Å²) in [5, 5.41) is 6.49. The standard InChI is InChI=1S/C22H28N2O3/c1-4-5-6-11-17-12-8-10-15-20(17)27-16-18-13-7-9-14-19(18)21(24-26-3)22(25)23-2/h7-10,12-15H,4-6,11,16H2,1-3H3,(H,23,25)/b24-21+. The average molecular weight is 368 g/mol. The highest BCUT2D eigenvalue weighted by Gasteiger charge is 2.17. The summed E-state index contributed by atoms with van der Waals surface area (Å²) in [6.45, 7) is 2.55. The summed E-state index contributed by atoms with van der Waals surface area (Å²) in [7, 11) is 2.99. The van der Waals surface area contributed by atoms with Gasteiger partial charge in [-0.15, -0.1) is 0 Å². The Balaban J connectivity index is 2.20. The summed E-state index contributed by atoms with van der Waals surface area (Å²) in [4.78, 5) is 17.0. The lowest BCUT2D eigenvalue weighted by atomic mass is 10.0. The van der Waals surface area contributed by atoms with Crippen molar-refractivity contribution in [1.29, 1.82) is 0 Å². The van der Waals surface area contributed by atoms with E-state index in [1.54, 1.807) is 7.05 Å². The number of carbonyl (C=O) groups excluding carboxylic acids is 1. The first-order chi connectivity index (χ1) is 13.2. The summed E-state index contributed by atoms with van der Waals surface area (Å²) in [5.74, 6) is 0.581. The SMILES string of the molecule is CCCCCc1ccccc1OCc1ccccc1/C(=N\OC)C(=O)NC. The first-order valence-electron chi connectivity index (χ1n) is 9.33. The molecule has 0 unspecified atom stereocenters. The highest BCUT2D eigenvalue weighted by molar-refractivity contribution is 6.45. The van der Waals surface area contributed by atoms with Gasteiger partial charge in [-0.05, 0) is 30.0 Å². The molecule has 0 heterocycles. The minimum atomic E-state index is -0.302. The molecule has 0 bridgehead atoms. The molecule has 2 rings (SSSR count). The van der Waals surface area contributed by atoms with E-state index in [4.69, 9.17) is 9.57 Å². The topological polar surface area (TPSA) is 59.9 Å². The van der Waals surface area contributed by atoms with Crippen molar-refractivity contribution in [2.24, 2.45) is 5.16 Å². The van der Waals surface area contributed by atoms with Crippen molar-refractivity contribution in [3.05, 3.63) is 65.2 Å². The molecule has 0 aliphatic carbocycles. The van der Waals surface area contributed by atoms with E-state index in [1.807, 2.05) is 42.5 Å². The zero-order valence-electron chi connectivity index (χ0n) is 16.3. The van der Waals surface area contributed by atoms with Crippen LogP contribution in [0.4, 0.5) is 0 Å². The Kier molecular flexibility index (Phi) is 8.36. The fraction of sp³-hybridized carbons (Fsp3) is 0.364. The molecule has 2 aromatic carbocycles. The Morgan fingerprint density at radius 3 is 2.44 bits per heavy atom. The number of aryl methyl sites for hydroxylation is 1. The second-order valence-electron chi connectivity index (χ2n) is 6.21. The normalized spacial score (nSPS) is 11.1. The van der Waals surface area contributed by atoms with Crippen molar-refractivity contribution in [3.63, 3.8) is 0 Å². The summed E-state index contributed by atoms with van der Waals surface area (Å²) >= 11 is 0. The number of oxime groups is 1. The Hall–Kier alpha value is -2.82. The number of likely N-dealkylation sites (N-methyl/N-ethyl adjacent to an activating group) is 1. The number of nitrogens with zero attached hydrogens (tertiary/aromatic N) is 1. The number of hydrogen-bond donors (Lipinski definition) is 1. The Labute approximate surface area is 161 Å². The lowest BCUT2D eigenvalue weighted by molar-refractivity contribution is -0.114. The van der Waals surface area contributed by atoms with Gasteiger partial charge in [-0.2, -0.15) is 0 Å². The highest BCUT2D eigenvalue weighted by Crippen LogP contribution is 2.22. The molecule has 0 saturated heterocycles. The van der Waals surface area contributed by atoms with E-state index < -0.39 is 0 Å². The van der Waals surface area contributed by atoms with Crippen LogP contribution >= 0.6 is 0 Å². The van der Waals surface area contributed by atoms with Crippen molar-refractivity contribution in [3.8, 4) is 5.75 Å². The van der Waals surface area contributed by atoms with Gasteiger partial charge in [-0.1, -0.05) is 67.4 Å². The zero-order chi connectivity index (χ0) is 19.5. The van der Waals surface area contributed by atoms with E-state index in [2.05, 4.69) is 23.5 Å². The van der Waals surface area contributed by atoms with Gasteiger partial charge in [0.05, 0.1) is 0 Å². The molecule has 27 heavy (non-hydrogen) atoms. The molecule has 0 saturated carbocycles. The smallest absolute Gasteiger partial charge is 0.273 e. The lowest BCUT2D eigenvalue weighted by Gasteiger charge is -2.14. The number of benzene rings is 2. The summed E-state index contributed by atoms with van der Waals surface area (Å²) in [6.07, 6.45) is 4.55. The number of rotatable bonds is 10. The van der Waals surface area contributed by atoms with Gasteiger partial charge in [-0.25, -0.2) is 0 Å².